The molecule has 0 bridgehead atoms. The predicted molar refractivity (Wildman–Crippen MR) is 82.6 cm³/mol. The molecule has 1 atom stereocenters. The van der Waals surface area contributed by atoms with Crippen LogP contribution in [0, 0.1) is 0 Å². The summed E-state index contributed by atoms with van der Waals surface area (Å²) in [5.41, 5.74) is 1.78. The predicted octanol–water partition coefficient (Wildman–Crippen LogP) is 3.01. The van der Waals surface area contributed by atoms with E-state index in [2.05, 4.69) is 29.4 Å². The molecular formula is C17H20N2O2. The SMILES string of the molecule is CCC(CNC(=O)c1ccc(OC)nc1)c1ccccc1. The number of benzene rings is 1. The fourth-order valence-electron chi connectivity index (χ4n) is 2.18. The number of amides is 1. The lowest BCUT2D eigenvalue weighted by atomic mass is 9.96. The topological polar surface area (TPSA) is 51.2 Å². The Morgan fingerprint density at radius 2 is 2.00 bits per heavy atom. The third-order valence-corrected chi connectivity index (χ3v) is 3.48. The number of nitrogens with one attached hydrogen (secondary N) is 1. The molecule has 1 aromatic heterocycles. The van der Waals surface area contributed by atoms with Crippen molar-refractivity contribution in [3.8, 4) is 5.88 Å². The van der Waals surface area contributed by atoms with E-state index in [0.717, 1.165) is 6.42 Å². The summed E-state index contributed by atoms with van der Waals surface area (Å²) in [4.78, 5) is 16.1. The van der Waals surface area contributed by atoms with Crippen molar-refractivity contribution < 1.29 is 9.53 Å². The van der Waals surface area contributed by atoms with E-state index in [4.69, 9.17) is 4.74 Å². The molecule has 1 N–H and O–H groups in total. The maximum Gasteiger partial charge on any atom is 0.252 e. The second-order valence-electron chi connectivity index (χ2n) is 4.82. The largest absolute Gasteiger partial charge is 0.481 e. The van der Waals surface area contributed by atoms with Crippen molar-refractivity contribution in [3.63, 3.8) is 0 Å². The van der Waals surface area contributed by atoms with Gasteiger partial charge in [-0.05, 0) is 18.1 Å². The molecule has 1 unspecified atom stereocenters. The molecule has 0 aliphatic carbocycles. The smallest absolute Gasteiger partial charge is 0.252 e. The highest BCUT2D eigenvalue weighted by atomic mass is 16.5. The van der Waals surface area contributed by atoms with Crippen molar-refractivity contribution in [3.05, 3.63) is 59.8 Å². The fourth-order valence-corrected chi connectivity index (χ4v) is 2.18. The molecular weight excluding hydrogens is 264 g/mol. The van der Waals surface area contributed by atoms with E-state index in [0.29, 0.717) is 23.9 Å². The summed E-state index contributed by atoms with van der Waals surface area (Å²) in [6.07, 6.45) is 2.50. The summed E-state index contributed by atoms with van der Waals surface area (Å²) in [5, 5.41) is 2.97. The van der Waals surface area contributed by atoms with Crippen molar-refractivity contribution in [2.24, 2.45) is 0 Å². The van der Waals surface area contributed by atoms with Gasteiger partial charge in [0, 0.05) is 24.7 Å². The van der Waals surface area contributed by atoms with E-state index >= 15 is 0 Å². The second-order valence-corrected chi connectivity index (χ2v) is 4.82. The van der Waals surface area contributed by atoms with E-state index in [1.807, 2.05) is 18.2 Å². The van der Waals surface area contributed by atoms with Crippen LogP contribution in [0.1, 0.15) is 35.2 Å². The van der Waals surface area contributed by atoms with Crippen LogP contribution in [-0.2, 0) is 0 Å². The number of hydrogen-bond acceptors (Lipinski definition) is 3. The summed E-state index contributed by atoms with van der Waals surface area (Å²) in [6, 6.07) is 13.6. The first-order chi connectivity index (χ1) is 10.2. The van der Waals surface area contributed by atoms with Crippen LogP contribution in [0.2, 0.25) is 0 Å². The van der Waals surface area contributed by atoms with Crippen molar-refractivity contribution in [2.45, 2.75) is 19.3 Å². The molecule has 0 radical (unpaired) electrons. The molecule has 21 heavy (non-hydrogen) atoms. The molecule has 1 amide bonds. The lowest BCUT2D eigenvalue weighted by molar-refractivity contribution is 0.0950. The third kappa shape index (κ3) is 4.05. The minimum atomic E-state index is -0.112. The number of rotatable bonds is 6. The number of nitrogens with zero attached hydrogens (tertiary/aromatic N) is 1. The lowest BCUT2D eigenvalue weighted by Gasteiger charge is -2.16. The monoisotopic (exact) mass is 284 g/mol. The first-order valence-electron chi connectivity index (χ1n) is 7.07. The number of carbonyl (C=O) groups excluding carboxylic acids is 1. The molecule has 4 heteroatoms. The number of carbonyl (C=O) groups is 1. The first kappa shape index (κ1) is 15.0. The zero-order valence-corrected chi connectivity index (χ0v) is 12.4. The highest BCUT2D eigenvalue weighted by molar-refractivity contribution is 5.93. The highest BCUT2D eigenvalue weighted by Gasteiger charge is 2.12. The summed E-state index contributed by atoms with van der Waals surface area (Å²) >= 11 is 0. The van der Waals surface area contributed by atoms with Crippen LogP contribution >= 0.6 is 0 Å². The van der Waals surface area contributed by atoms with Gasteiger partial charge in [-0.1, -0.05) is 37.3 Å². The van der Waals surface area contributed by atoms with Gasteiger partial charge in [0.2, 0.25) is 5.88 Å². The Morgan fingerprint density at radius 1 is 1.24 bits per heavy atom. The quantitative estimate of drug-likeness (QED) is 0.887. The number of ether oxygens (including phenoxy) is 1. The average molecular weight is 284 g/mol. The van der Waals surface area contributed by atoms with Gasteiger partial charge in [-0.3, -0.25) is 4.79 Å². The van der Waals surface area contributed by atoms with E-state index in [1.165, 1.54) is 11.8 Å². The minimum Gasteiger partial charge on any atom is -0.481 e. The van der Waals surface area contributed by atoms with Gasteiger partial charge in [-0.2, -0.15) is 0 Å². The highest BCUT2D eigenvalue weighted by Crippen LogP contribution is 2.18. The van der Waals surface area contributed by atoms with Gasteiger partial charge in [-0.25, -0.2) is 4.98 Å². The number of aromatic nitrogens is 1. The van der Waals surface area contributed by atoms with Crippen LogP contribution in [0.25, 0.3) is 0 Å². The van der Waals surface area contributed by atoms with Gasteiger partial charge in [0.05, 0.1) is 12.7 Å². The van der Waals surface area contributed by atoms with Crippen LogP contribution in [0.4, 0.5) is 0 Å². The van der Waals surface area contributed by atoms with Gasteiger partial charge < -0.3 is 10.1 Å². The van der Waals surface area contributed by atoms with Gasteiger partial charge >= 0.3 is 0 Å². The number of pyridine rings is 1. The van der Waals surface area contributed by atoms with Gasteiger partial charge in [0.25, 0.3) is 5.91 Å². The molecule has 0 saturated carbocycles. The maximum atomic E-state index is 12.1. The van der Waals surface area contributed by atoms with Crippen LogP contribution in [0.5, 0.6) is 5.88 Å². The molecule has 4 nitrogen and oxygen atoms in total. The van der Waals surface area contributed by atoms with Crippen molar-refractivity contribution in [1.29, 1.82) is 0 Å². The maximum absolute atomic E-state index is 12.1. The van der Waals surface area contributed by atoms with Crippen molar-refractivity contribution >= 4 is 5.91 Å². The average Bonchev–Trinajstić information content (AvgIpc) is 2.56. The Labute approximate surface area is 125 Å². The van der Waals surface area contributed by atoms with E-state index in [1.54, 1.807) is 19.2 Å². The van der Waals surface area contributed by atoms with Gasteiger partial charge in [0.15, 0.2) is 0 Å². The Hall–Kier alpha value is -2.36. The lowest BCUT2D eigenvalue weighted by Crippen LogP contribution is -2.28. The van der Waals surface area contributed by atoms with Crippen LogP contribution in [-0.4, -0.2) is 24.5 Å². The van der Waals surface area contributed by atoms with Gasteiger partial charge in [0.1, 0.15) is 0 Å². The van der Waals surface area contributed by atoms with Crippen LogP contribution in [0.3, 0.4) is 0 Å². The zero-order valence-electron chi connectivity index (χ0n) is 12.4. The normalized spacial score (nSPS) is 11.7. The summed E-state index contributed by atoms with van der Waals surface area (Å²) in [6.45, 7) is 2.74. The fraction of sp³-hybridized carbons (Fsp3) is 0.294. The molecule has 1 aromatic carbocycles. The summed E-state index contributed by atoms with van der Waals surface area (Å²) < 4.78 is 4.98. The number of hydrogen-bond donors (Lipinski definition) is 1. The van der Waals surface area contributed by atoms with E-state index < -0.39 is 0 Å². The first-order valence-corrected chi connectivity index (χ1v) is 7.07. The van der Waals surface area contributed by atoms with Crippen LogP contribution in [0.15, 0.2) is 48.7 Å². The van der Waals surface area contributed by atoms with Crippen molar-refractivity contribution in [2.75, 3.05) is 13.7 Å². The molecule has 0 saturated heterocycles. The Balaban J connectivity index is 1.96. The zero-order chi connectivity index (χ0) is 15.1. The Kier molecular flexibility index (Phi) is 5.32. The molecule has 1 heterocycles. The molecule has 110 valence electrons. The van der Waals surface area contributed by atoms with Crippen LogP contribution < -0.4 is 10.1 Å². The standard InChI is InChI=1S/C17H20N2O2/c1-3-13(14-7-5-4-6-8-14)11-19-17(20)15-9-10-16(21-2)18-12-15/h4-10,12-13H,3,11H2,1-2H3,(H,19,20). The number of methoxy groups -OCH3 is 1. The Bertz CT molecular complexity index is 567. The molecule has 2 rings (SSSR count). The van der Waals surface area contributed by atoms with Crippen molar-refractivity contribution in [1.82, 2.24) is 10.3 Å². The third-order valence-electron chi connectivity index (χ3n) is 3.48. The molecule has 0 fully saturated rings. The molecule has 0 spiro atoms. The summed E-state index contributed by atoms with van der Waals surface area (Å²) in [7, 11) is 1.55. The molecule has 0 aliphatic rings. The van der Waals surface area contributed by atoms with Gasteiger partial charge in [-0.15, -0.1) is 0 Å². The summed E-state index contributed by atoms with van der Waals surface area (Å²) in [5.74, 6) is 0.711. The molecule has 0 aliphatic heterocycles. The second kappa shape index (κ2) is 7.43. The molecule has 2 aromatic rings. The van der Waals surface area contributed by atoms with E-state index in [9.17, 15) is 4.79 Å². The minimum absolute atomic E-state index is 0.112. The Morgan fingerprint density at radius 3 is 2.57 bits per heavy atom. The van der Waals surface area contributed by atoms with E-state index in [-0.39, 0.29) is 5.91 Å².